The zero-order valence-corrected chi connectivity index (χ0v) is 12.3. The van der Waals surface area contributed by atoms with E-state index in [-0.39, 0.29) is 5.75 Å². The van der Waals surface area contributed by atoms with Crippen LogP contribution in [0.25, 0.3) is 12.2 Å². The summed E-state index contributed by atoms with van der Waals surface area (Å²) in [4.78, 5) is 0. The van der Waals surface area contributed by atoms with Crippen LogP contribution in [0.2, 0.25) is 5.02 Å². The first-order valence-electron chi connectivity index (χ1n) is 5.83. The van der Waals surface area contributed by atoms with Gasteiger partial charge in [0.15, 0.2) is 5.75 Å². The summed E-state index contributed by atoms with van der Waals surface area (Å²) in [6.45, 7) is 0. The second-order valence-corrected chi connectivity index (χ2v) is 5.65. The van der Waals surface area contributed by atoms with E-state index in [0.717, 1.165) is 5.56 Å². The predicted octanol–water partition coefficient (Wildman–Crippen LogP) is 3.27. The molecule has 0 spiro atoms. The zero-order chi connectivity index (χ0) is 15.5. The molecule has 2 rings (SSSR count). The molecule has 0 saturated carbocycles. The van der Waals surface area contributed by atoms with Crippen LogP contribution in [0.15, 0.2) is 42.5 Å². The molecule has 3 N–H and O–H groups in total. The Labute approximate surface area is 127 Å². The molecule has 0 aliphatic heterocycles. The van der Waals surface area contributed by atoms with Gasteiger partial charge in [0, 0.05) is 22.3 Å². The highest BCUT2D eigenvalue weighted by molar-refractivity contribution is 7.81. The largest absolute Gasteiger partial charge is 0.446 e. The van der Waals surface area contributed by atoms with Gasteiger partial charge in [-0.1, -0.05) is 35.9 Å². The van der Waals surface area contributed by atoms with E-state index in [1.165, 1.54) is 6.07 Å². The fourth-order valence-electron chi connectivity index (χ4n) is 1.63. The highest BCUT2D eigenvalue weighted by atomic mass is 35.5. The summed E-state index contributed by atoms with van der Waals surface area (Å²) in [6.07, 6.45) is 3.39. The van der Waals surface area contributed by atoms with Crippen LogP contribution in [0, 0.1) is 0 Å². The molecule has 0 saturated heterocycles. The molecular weight excluding hydrogens is 314 g/mol. The maximum Gasteiger partial charge on any atom is 0.446 e. The lowest BCUT2D eigenvalue weighted by molar-refractivity contribution is 0.386. The second-order valence-electron chi connectivity index (χ2n) is 4.19. The number of halogens is 1. The highest BCUT2D eigenvalue weighted by Gasteiger charge is 2.10. The number of rotatable bonds is 4. The summed E-state index contributed by atoms with van der Waals surface area (Å²) in [5.41, 5.74) is 7.22. The predicted molar refractivity (Wildman–Crippen MR) is 83.4 cm³/mol. The molecule has 2 aromatic carbocycles. The van der Waals surface area contributed by atoms with Gasteiger partial charge in [0.1, 0.15) is 0 Å². The molecule has 0 heterocycles. The Morgan fingerprint density at radius 2 is 1.76 bits per heavy atom. The number of benzene rings is 2. The lowest BCUT2D eigenvalue weighted by atomic mass is 10.1. The summed E-state index contributed by atoms with van der Waals surface area (Å²) >= 11 is 5.79. The van der Waals surface area contributed by atoms with E-state index in [1.807, 2.05) is 0 Å². The fourth-order valence-corrected chi connectivity index (χ4v) is 2.13. The SMILES string of the molecule is Nc1ccc(C=Cc2ccc(Cl)cc2)c(OS(=O)(=O)O)c1. The van der Waals surface area contributed by atoms with Crippen molar-refractivity contribution in [1.82, 2.24) is 0 Å². The van der Waals surface area contributed by atoms with Gasteiger partial charge in [-0.3, -0.25) is 4.55 Å². The molecule has 0 amide bonds. The third-order valence-corrected chi connectivity index (χ3v) is 3.20. The third kappa shape index (κ3) is 4.78. The lowest BCUT2D eigenvalue weighted by Gasteiger charge is -2.06. The molecule has 21 heavy (non-hydrogen) atoms. The minimum Gasteiger partial charge on any atom is -0.399 e. The first kappa shape index (κ1) is 15.4. The van der Waals surface area contributed by atoms with E-state index in [4.69, 9.17) is 21.9 Å². The van der Waals surface area contributed by atoms with Crippen LogP contribution in [-0.2, 0) is 10.4 Å². The maximum atomic E-state index is 10.8. The maximum absolute atomic E-state index is 10.8. The van der Waals surface area contributed by atoms with Crippen LogP contribution >= 0.6 is 11.6 Å². The molecule has 0 atom stereocenters. The van der Waals surface area contributed by atoms with Crippen molar-refractivity contribution in [3.8, 4) is 5.75 Å². The molecule has 0 aromatic heterocycles. The topological polar surface area (TPSA) is 89.6 Å². The van der Waals surface area contributed by atoms with Crippen LogP contribution in [0.5, 0.6) is 5.75 Å². The molecular formula is C14H12ClNO4S. The first-order chi connectivity index (χ1) is 9.83. The Balaban J connectivity index is 2.33. The molecule has 0 fully saturated rings. The number of nitrogen functional groups attached to an aromatic ring is 1. The van der Waals surface area contributed by atoms with Gasteiger partial charge in [-0.25, -0.2) is 0 Å². The van der Waals surface area contributed by atoms with Crippen LogP contribution in [0.3, 0.4) is 0 Å². The fraction of sp³-hybridized carbons (Fsp3) is 0. The summed E-state index contributed by atoms with van der Waals surface area (Å²) in [5, 5.41) is 0.620. The van der Waals surface area contributed by atoms with Gasteiger partial charge < -0.3 is 9.92 Å². The molecule has 0 radical (unpaired) electrons. The van der Waals surface area contributed by atoms with Gasteiger partial charge in [0.05, 0.1) is 0 Å². The van der Waals surface area contributed by atoms with E-state index in [0.29, 0.717) is 16.3 Å². The van der Waals surface area contributed by atoms with Gasteiger partial charge in [-0.15, -0.1) is 0 Å². The Bertz CT molecular complexity index is 770. The number of hydrogen-bond acceptors (Lipinski definition) is 4. The summed E-state index contributed by atoms with van der Waals surface area (Å²) in [7, 11) is -4.61. The van der Waals surface area contributed by atoms with Crippen molar-refractivity contribution in [2.75, 3.05) is 5.73 Å². The van der Waals surface area contributed by atoms with E-state index >= 15 is 0 Å². The molecule has 5 nitrogen and oxygen atoms in total. The summed E-state index contributed by atoms with van der Waals surface area (Å²) in [6, 6.07) is 11.6. The van der Waals surface area contributed by atoms with Gasteiger partial charge in [0.2, 0.25) is 0 Å². The van der Waals surface area contributed by atoms with Crippen LogP contribution in [0.1, 0.15) is 11.1 Å². The first-order valence-corrected chi connectivity index (χ1v) is 7.58. The van der Waals surface area contributed by atoms with Crippen LogP contribution in [0.4, 0.5) is 5.69 Å². The van der Waals surface area contributed by atoms with Crippen molar-refractivity contribution in [1.29, 1.82) is 0 Å². The molecule has 7 heteroatoms. The smallest absolute Gasteiger partial charge is 0.399 e. The van der Waals surface area contributed by atoms with Crippen molar-refractivity contribution in [2.45, 2.75) is 0 Å². The van der Waals surface area contributed by atoms with E-state index in [1.54, 1.807) is 48.6 Å². The minimum atomic E-state index is -4.61. The van der Waals surface area contributed by atoms with Crippen molar-refractivity contribution in [2.24, 2.45) is 0 Å². The summed E-state index contributed by atoms with van der Waals surface area (Å²) < 4.78 is 34.9. The Kier molecular flexibility index (Phi) is 4.52. The zero-order valence-electron chi connectivity index (χ0n) is 10.7. The second kappa shape index (κ2) is 6.17. The van der Waals surface area contributed by atoms with Crippen molar-refractivity contribution >= 4 is 39.8 Å². The third-order valence-electron chi connectivity index (χ3n) is 2.56. The van der Waals surface area contributed by atoms with Gasteiger partial charge in [0.25, 0.3) is 0 Å². The Morgan fingerprint density at radius 1 is 1.10 bits per heavy atom. The minimum absolute atomic E-state index is 0.0530. The van der Waals surface area contributed by atoms with E-state index in [9.17, 15) is 8.42 Å². The average Bonchev–Trinajstić information content (AvgIpc) is 2.38. The normalized spacial score (nSPS) is 11.7. The number of hydrogen-bond donors (Lipinski definition) is 2. The number of anilines is 1. The molecule has 0 bridgehead atoms. The van der Waals surface area contributed by atoms with Gasteiger partial charge in [-0.05, 0) is 29.8 Å². The average molecular weight is 326 g/mol. The van der Waals surface area contributed by atoms with Crippen molar-refractivity contribution < 1.29 is 17.2 Å². The standard InChI is InChI=1S/C14H12ClNO4S/c15-12-6-2-10(3-7-12)1-4-11-5-8-13(16)9-14(11)20-21(17,18)19/h1-9H,16H2,(H,17,18,19). The van der Waals surface area contributed by atoms with Gasteiger partial charge >= 0.3 is 10.4 Å². The van der Waals surface area contributed by atoms with Gasteiger partial charge in [-0.2, -0.15) is 8.42 Å². The molecule has 110 valence electrons. The van der Waals surface area contributed by atoms with E-state index < -0.39 is 10.4 Å². The molecule has 2 aromatic rings. The molecule has 0 aliphatic rings. The number of nitrogens with two attached hydrogens (primary N) is 1. The van der Waals surface area contributed by atoms with Crippen LogP contribution in [-0.4, -0.2) is 13.0 Å². The van der Waals surface area contributed by atoms with Crippen molar-refractivity contribution in [3.05, 3.63) is 58.6 Å². The van der Waals surface area contributed by atoms with Crippen LogP contribution < -0.4 is 9.92 Å². The van der Waals surface area contributed by atoms with E-state index in [2.05, 4.69) is 4.18 Å². The Morgan fingerprint density at radius 3 is 2.38 bits per heavy atom. The lowest BCUT2D eigenvalue weighted by Crippen LogP contribution is -2.07. The highest BCUT2D eigenvalue weighted by Crippen LogP contribution is 2.25. The Hall–Kier alpha value is -2.02. The summed E-state index contributed by atoms with van der Waals surface area (Å²) in [5.74, 6) is -0.0530. The molecule has 0 unspecified atom stereocenters. The quantitative estimate of drug-likeness (QED) is 0.511. The van der Waals surface area contributed by atoms with Crippen molar-refractivity contribution in [3.63, 3.8) is 0 Å². The molecule has 0 aliphatic carbocycles. The monoisotopic (exact) mass is 325 g/mol.